The second-order valence-electron chi connectivity index (χ2n) is 8.32. The van der Waals surface area contributed by atoms with E-state index < -0.39 is 0 Å². The van der Waals surface area contributed by atoms with Crippen LogP contribution in [0.2, 0.25) is 5.02 Å². The molecule has 3 heterocycles. The van der Waals surface area contributed by atoms with Crippen LogP contribution in [0.5, 0.6) is 0 Å². The molecule has 1 amide bonds. The molecule has 0 aliphatic carbocycles. The van der Waals surface area contributed by atoms with Crippen LogP contribution >= 0.6 is 23.4 Å². The predicted octanol–water partition coefficient (Wildman–Crippen LogP) is 6.16. The topological polar surface area (TPSA) is 64.2 Å². The van der Waals surface area contributed by atoms with Crippen LogP contribution in [0.3, 0.4) is 0 Å². The third kappa shape index (κ3) is 5.21. The Morgan fingerprint density at radius 2 is 1.82 bits per heavy atom. The maximum Gasteiger partial charge on any atom is 0.253 e. The van der Waals surface area contributed by atoms with Crippen molar-refractivity contribution in [1.82, 2.24) is 19.7 Å². The predicted molar refractivity (Wildman–Crippen MR) is 134 cm³/mol. The minimum Gasteiger partial charge on any atom is -0.467 e. The van der Waals surface area contributed by atoms with Gasteiger partial charge in [0.05, 0.1) is 12.8 Å². The van der Waals surface area contributed by atoms with Crippen LogP contribution in [0.25, 0.3) is 11.4 Å². The molecule has 5 rings (SSSR count). The van der Waals surface area contributed by atoms with Crippen molar-refractivity contribution in [3.63, 3.8) is 0 Å². The molecule has 34 heavy (non-hydrogen) atoms. The van der Waals surface area contributed by atoms with Crippen LogP contribution in [-0.4, -0.2) is 38.7 Å². The number of halogens is 1. The van der Waals surface area contributed by atoms with Gasteiger partial charge in [0.2, 0.25) is 0 Å². The molecule has 1 fully saturated rings. The summed E-state index contributed by atoms with van der Waals surface area (Å²) in [6.45, 7) is 2.22. The molecule has 0 bridgehead atoms. The van der Waals surface area contributed by atoms with Crippen LogP contribution in [0, 0.1) is 0 Å². The van der Waals surface area contributed by atoms with Crippen LogP contribution in [0.1, 0.15) is 40.9 Å². The maximum atomic E-state index is 12.9. The first kappa shape index (κ1) is 22.7. The largest absolute Gasteiger partial charge is 0.467 e. The van der Waals surface area contributed by atoms with Gasteiger partial charge >= 0.3 is 0 Å². The van der Waals surface area contributed by atoms with E-state index in [2.05, 4.69) is 14.8 Å². The molecule has 4 aromatic rings. The fraction of sp³-hybridized carbons (Fsp3) is 0.269. The Labute approximate surface area is 207 Å². The number of rotatable bonds is 7. The monoisotopic (exact) mass is 492 g/mol. The maximum absolute atomic E-state index is 12.9. The Bertz CT molecular complexity index is 1250. The normalized spacial score (nSPS) is 13.9. The van der Waals surface area contributed by atoms with Crippen molar-refractivity contribution in [2.75, 3.05) is 13.1 Å². The minimum atomic E-state index is 0.123. The number of thioether (sulfide) groups is 1. The van der Waals surface area contributed by atoms with Crippen LogP contribution in [0.4, 0.5) is 0 Å². The zero-order valence-corrected chi connectivity index (χ0v) is 20.3. The molecule has 2 aromatic heterocycles. The van der Waals surface area contributed by atoms with E-state index in [1.54, 1.807) is 18.0 Å². The van der Waals surface area contributed by atoms with E-state index in [-0.39, 0.29) is 5.91 Å². The van der Waals surface area contributed by atoms with E-state index in [0.29, 0.717) is 17.3 Å². The van der Waals surface area contributed by atoms with E-state index in [1.807, 2.05) is 65.6 Å². The quantitative estimate of drug-likeness (QED) is 0.289. The average molecular weight is 493 g/mol. The lowest BCUT2D eigenvalue weighted by Gasteiger charge is -2.26. The van der Waals surface area contributed by atoms with Gasteiger partial charge in [-0.3, -0.25) is 9.36 Å². The van der Waals surface area contributed by atoms with Crippen LogP contribution in [0.15, 0.2) is 76.5 Å². The molecule has 2 aromatic carbocycles. The minimum absolute atomic E-state index is 0.123. The van der Waals surface area contributed by atoms with Gasteiger partial charge < -0.3 is 9.32 Å². The number of carbonyl (C=O) groups is 1. The summed E-state index contributed by atoms with van der Waals surface area (Å²) in [5.74, 6) is 2.38. The number of benzene rings is 2. The van der Waals surface area contributed by atoms with E-state index in [1.165, 1.54) is 6.42 Å². The summed E-state index contributed by atoms with van der Waals surface area (Å²) in [6.07, 6.45) is 5.04. The highest BCUT2D eigenvalue weighted by Crippen LogP contribution is 2.28. The number of amides is 1. The molecule has 8 heteroatoms. The van der Waals surface area contributed by atoms with E-state index in [9.17, 15) is 4.79 Å². The number of furan rings is 1. The molecule has 174 valence electrons. The van der Waals surface area contributed by atoms with Crippen molar-refractivity contribution in [2.24, 2.45) is 0 Å². The third-order valence-electron chi connectivity index (χ3n) is 5.90. The van der Waals surface area contributed by atoms with Gasteiger partial charge in [0.1, 0.15) is 5.76 Å². The number of hydrogen-bond donors (Lipinski definition) is 0. The van der Waals surface area contributed by atoms with Gasteiger partial charge in [-0.15, -0.1) is 10.2 Å². The highest BCUT2D eigenvalue weighted by atomic mass is 35.5. The lowest BCUT2D eigenvalue weighted by molar-refractivity contribution is 0.0724. The summed E-state index contributed by atoms with van der Waals surface area (Å²) >= 11 is 7.67. The Morgan fingerprint density at radius 1 is 1.00 bits per heavy atom. The summed E-state index contributed by atoms with van der Waals surface area (Å²) in [5.41, 5.74) is 2.76. The fourth-order valence-corrected chi connectivity index (χ4v) is 5.14. The number of hydrogen-bond acceptors (Lipinski definition) is 5. The molecule has 0 saturated carbocycles. The summed E-state index contributed by atoms with van der Waals surface area (Å²) in [6, 6.07) is 19.3. The number of aromatic nitrogens is 3. The number of likely N-dealkylation sites (tertiary alicyclic amines) is 1. The van der Waals surface area contributed by atoms with Crippen molar-refractivity contribution in [3.8, 4) is 11.4 Å². The molecule has 0 radical (unpaired) electrons. The number of nitrogens with zero attached hydrogens (tertiary/aromatic N) is 4. The first-order valence-electron chi connectivity index (χ1n) is 11.4. The molecule has 0 unspecified atom stereocenters. The van der Waals surface area contributed by atoms with Gasteiger partial charge in [0.15, 0.2) is 11.0 Å². The molecule has 0 atom stereocenters. The smallest absolute Gasteiger partial charge is 0.253 e. The second kappa shape index (κ2) is 10.5. The van der Waals surface area contributed by atoms with Gasteiger partial charge in [0, 0.05) is 35.0 Å². The molecular formula is C26H25ClN4O2S. The van der Waals surface area contributed by atoms with Crippen molar-refractivity contribution < 1.29 is 9.21 Å². The summed E-state index contributed by atoms with van der Waals surface area (Å²) in [7, 11) is 0. The Hall–Kier alpha value is -3.03. The molecular weight excluding hydrogens is 468 g/mol. The summed E-state index contributed by atoms with van der Waals surface area (Å²) in [4.78, 5) is 14.9. The number of piperidine rings is 1. The van der Waals surface area contributed by atoms with Crippen molar-refractivity contribution in [3.05, 3.63) is 88.8 Å². The molecule has 0 spiro atoms. The van der Waals surface area contributed by atoms with E-state index in [4.69, 9.17) is 16.0 Å². The second-order valence-corrected chi connectivity index (χ2v) is 9.70. The molecule has 0 N–H and O–H groups in total. The average Bonchev–Trinajstić information content (AvgIpc) is 3.54. The zero-order chi connectivity index (χ0) is 23.3. The van der Waals surface area contributed by atoms with Gasteiger partial charge in [-0.2, -0.15) is 0 Å². The Balaban J connectivity index is 1.36. The Kier molecular flexibility index (Phi) is 7.02. The molecule has 6 nitrogen and oxygen atoms in total. The van der Waals surface area contributed by atoms with E-state index >= 15 is 0 Å². The third-order valence-corrected chi connectivity index (χ3v) is 7.19. The highest BCUT2D eigenvalue weighted by molar-refractivity contribution is 7.98. The van der Waals surface area contributed by atoms with Crippen LogP contribution in [-0.2, 0) is 12.3 Å². The molecule has 1 saturated heterocycles. The first-order valence-corrected chi connectivity index (χ1v) is 12.8. The lowest BCUT2D eigenvalue weighted by Crippen LogP contribution is -2.35. The van der Waals surface area contributed by atoms with Gasteiger partial charge in [-0.25, -0.2) is 0 Å². The summed E-state index contributed by atoms with van der Waals surface area (Å²) in [5, 5.41) is 10.4. The van der Waals surface area contributed by atoms with Crippen molar-refractivity contribution in [1.29, 1.82) is 0 Å². The van der Waals surface area contributed by atoms with Crippen molar-refractivity contribution in [2.45, 2.75) is 36.7 Å². The summed E-state index contributed by atoms with van der Waals surface area (Å²) < 4.78 is 7.64. The first-order chi connectivity index (χ1) is 16.7. The van der Waals surface area contributed by atoms with Gasteiger partial charge in [-0.05, 0) is 73.4 Å². The van der Waals surface area contributed by atoms with E-state index in [0.717, 1.165) is 59.4 Å². The SMILES string of the molecule is O=C(c1cccc(CSc2nnc(-c3ccc(Cl)cc3)n2Cc2ccco2)c1)N1CCCCC1. The Morgan fingerprint density at radius 3 is 2.59 bits per heavy atom. The van der Waals surface area contributed by atoms with Gasteiger partial charge in [-0.1, -0.05) is 35.5 Å². The standard InChI is InChI=1S/C26H25ClN4O2S/c27-22-11-9-20(10-12-22)24-28-29-26(31(24)17-23-8-5-15-33-23)34-18-19-6-4-7-21(16-19)25(32)30-13-2-1-3-14-30/h4-12,15-16H,1-3,13-14,17-18H2. The van der Waals surface area contributed by atoms with Crippen molar-refractivity contribution >= 4 is 29.3 Å². The number of carbonyl (C=O) groups excluding carboxylic acids is 1. The van der Waals surface area contributed by atoms with Crippen LogP contribution < -0.4 is 0 Å². The molecule has 1 aliphatic heterocycles. The fourth-order valence-electron chi connectivity index (χ4n) is 4.13. The molecule has 1 aliphatic rings. The lowest BCUT2D eigenvalue weighted by atomic mass is 10.1. The zero-order valence-electron chi connectivity index (χ0n) is 18.7. The van der Waals surface area contributed by atoms with Gasteiger partial charge in [0.25, 0.3) is 5.91 Å². The highest BCUT2D eigenvalue weighted by Gasteiger charge is 2.19.